The zero-order valence-electron chi connectivity index (χ0n) is 20.2. The third kappa shape index (κ3) is 3.76. The number of piperidine rings is 1. The van der Waals surface area contributed by atoms with Crippen LogP contribution in [0.15, 0.2) is 24.7 Å². The molecule has 11 heteroatoms. The molecule has 2 N–H and O–H groups in total. The number of pyridine rings is 1. The van der Waals surface area contributed by atoms with Crippen LogP contribution in [-0.2, 0) is 23.0 Å². The lowest BCUT2D eigenvalue weighted by Crippen LogP contribution is -2.53. The van der Waals surface area contributed by atoms with Crippen LogP contribution in [0.3, 0.4) is 0 Å². The highest BCUT2D eigenvalue weighted by Crippen LogP contribution is 2.42. The van der Waals surface area contributed by atoms with Crippen molar-refractivity contribution in [3.63, 3.8) is 0 Å². The molecule has 3 fully saturated rings. The number of fused-ring (bicyclic) bond motifs is 4. The number of rotatable bonds is 5. The van der Waals surface area contributed by atoms with Gasteiger partial charge in [0.2, 0.25) is 10.0 Å². The van der Waals surface area contributed by atoms with E-state index in [2.05, 4.69) is 36.4 Å². The van der Waals surface area contributed by atoms with Gasteiger partial charge in [0.25, 0.3) is 0 Å². The number of halogens is 1. The summed E-state index contributed by atoms with van der Waals surface area (Å²) in [5.41, 5.74) is 4.10. The average Bonchev–Trinajstić information content (AvgIpc) is 3.58. The van der Waals surface area contributed by atoms with Crippen LogP contribution in [0.4, 0.5) is 11.5 Å². The largest absolute Gasteiger partial charge is 0.363 e. The van der Waals surface area contributed by atoms with Crippen molar-refractivity contribution in [1.29, 1.82) is 0 Å². The van der Waals surface area contributed by atoms with Crippen molar-refractivity contribution in [2.45, 2.75) is 62.9 Å². The standard InChI is InChI=1S/C25H30ClN7O2S/c1-14-8-20-19(12-33(14)21-9-22(26)30-24-18(21)6-7-27-24)25(29-13-28-20)32-10-15-2-3-16(11-32)23(15)31-36(34,35)17-4-5-17/h6-7,9,13-17,23,31H,2-5,8,10-12H2,1H3,(H,27,30)/t14-,15?,16?,23?/m1/s1. The van der Waals surface area contributed by atoms with E-state index in [4.69, 9.17) is 16.6 Å². The van der Waals surface area contributed by atoms with Crippen LogP contribution < -0.4 is 14.5 Å². The van der Waals surface area contributed by atoms with Crippen LogP contribution in [-0.4, -0.2) is 58.8 Å². The predicted octanol–water partition coefficient (Wildman–Crippen LogP) is 3.25. The van der Waals surface area contributed by atoms with Gasteiger partial charge in [0.05, 0.1) is 16.6 Å². The summed E-state index contributed by atoms with van der Waals surface area (Å²) in [6, 6.07) is 4.28. The molecule has 5 heterocycles. The van der Waals surface area contributed by atoms with Crippen molar-refractivity contribution in [3.05, 3.63) is 41.1 Å². The molecule has 4 aliphatic rings. The van der Waals surface area contributed by atoms with Gasteiger partial charge in [0.15, 0.2) is 0 Å². The highest BCUT2D eigenvalue weighted by molar-refractivity contribution is 7.90. The number of anilines is 2. The van der Waals surface area contributed by atoms with Gasteiger partial charge in [0.1, 0.15) is 22.9 Å². The van der Waals surface area contributed by atoms with Crippen LogP contribution in [0, 0.1) is 11.8 Å². The Morgan fingerprint density at radius 2 is 1.92 bits per heavy atom. The summed E-state index contributed by atoms with van der Waals surface area (Å²) >= 11 is 6.38. The van der Waals surface area contributed by atoms with E-state index in [9.17, 15) is 8.42 Å². The molecule has 0 radical (unpaired) electrons. The van der Waals surface area contributed by atoms with E-state index in [-0.39, 0.29) is 17.3 Å². The number of aromatic nitrogens is 4. The first-order valence-electron chi connectivity index (χ1n) is 12.9. The van der Waals surface area contributed by atoms with Crippen molar-refractivity contribution < 1.29 is 8.42 Å². The highest BCUT2D eigenvalue weighted by Gasteiger charge is 2.47. The van der Waals surface area contributed by atoms with Gasteiger partial charge in [-0.2, -0.15) is 0 Å². The maximum absolute atomic E-state index is 12.7. The third-order valence-corrected chi connectivity index (χ3v) is 10.7. The number of nitrogens with zero attached hydrogens (tertiary/aromatic N) is 5. The average molecular weight is 528 g/mol. The summed E-state index contributed by atoms with van der Waals surface area (Å²) in [6.45, 7) is 4.54. The zero-order chi connectivity index (χ0) is 24.6. The topological polar surface area (TPSA) is 107 Å². The predicted molar refractivity (Wildman–Crippen MR) is 140 cm³/mol. The van der Waals surface area contributed by atoms with Gasteiger partial charge in [-0.1, -0.05) is 11.6 Å². The molecular weight excluding hydrogens is 498 g/mol. The van der Waals surface area contributed by atoms with Gasteiger partial charge >= 0.3 is 0 Å². The van der Waals surface area contributed by atoms with Crippen molar-refractivity contribution in [3.8, 4) is 0 Å². The van der Waals surface area contributed by atoms with Crippen molar-refractivity contribution in [2.75, 3.05) is 22.9 Å². The van der Waals surface area contributed by atoms with Crippen molar-refractivity contribution in [2.24, 2.45) is 11.8 Å². The van der Waals surface area contributed by atoms with Crippen LogP contribution in [0.2, 0.25) is 5.15 Å². The van der Waals surface area contributed by atoms with Crippen molar-refractivity contribution in [1.82, 2.24) is 24.7 Å². The summed E-state index contributed by atoms with van der Waals surface area (Å²) < 4.78 is 28.4. The Labute approximate surface area is 215 Å². The van der Waals surface area contributed by atoms with E-state index in [1.165, 1.54) is 0 Å². The summed E-state index contributed by atoms with van der Waals surface area (Å²) in [5, 5.41) is 1.34. The second kappa shape index (κ2) is 8.29. The fraction of sp³-hybridized carbons (Fsp3) is 0.560. The first kappa shape index (κ1) is 22.7. The molecule has 3 aromatic rings. The molecule has 2 saturated carbocycles. The molecule has 3 atom stereocenters. The monoisotopic (exact) mass is 527 g/mol. The minimum atomic E-state index is -3.19. The van der Waals surface area contributed by atoms with E-state index < -0.39 is 10.0 Å². The lowest BCUT2D eigenvalue weighted by Gasteiger charge is -2.42. The number of sulfonamides is 1. The molecule has 9 nitrogen and oxygen atoms in total. The van der Waals surface area contributed by atoms with Crippen molar-refractivity contribution >= 4 is 44.2 Å². The Hall–Kier alpha value is -2.43. The molecule has 3 aromatic heterocycles. The van der Waals surface area contributed by atoms with Gasteiger partial charge in [-0.3, -0.25) is 0 Å². The molecule has 190 valence electrons. The Kier molecular flexibility index (Phi) is 5.24. The van der Waals surface area contributed by atoms with Crippen LogP contribution >= 0.6 is 11.6 Å². The van der Waals surface area contributed by atoms with Gasteiger partial charge in [-0.25, -0.2) is 28.1 Å². The molecule has 7 rings (SSSR count). The summed E-state index contributed by atoms with van der Waals surface area (Å²) in [6.07, 6.45) is 8.10. The number of nitrogens with one attached hydrogen (secondary N) is 2. The summed E-state index contributed by atoms with van der Waals surface area (Å²) in [7, 11) is -3.19. The number of hydrogen-bond acceptors (Lipinski definition) is 7. The van der Waals surface area contributed by atoms with Gasteiger partial charge in [0, 0.05) is 55.3 Å². The smallest absolute Gasteiger partial charge is 0.214 e. The number of hydrogen-bond donors (Lipinski definition) is 2. The Morgan fingerprint density at radius 3 is 2.67 bits per heavy atom. The maximum atomic E-state index is 12.7. The zero-order valence-corrected chi connectivity index (χ0v) is 21.8. The molecule has 2 unspecified atom stereocenters. The summed E-state index contributed by atoms with van der Waals surface area (Å²) in [4.78, 5) is 21.8. The fourth-order valence-corrected chi connectivity index (χ4v) is 8.47. The third-order valence-electron chi connectivity index (χ3n) is 8.54. The van der Waals surface area contributed by atoms with Gasteiger partial charge in [-0.05, 0) is 56.6 Å². The van der Waals surface area contributed by atoms with E-state index in [0.29, 0.717) is 23.5 Å². The second-order valence-electron chi connectivity index (χ2n) is 10.9. The van der Waals surface area contributed by atoms with Crippen LogP contribution in [0.25, 0.3) is 11.0 Å². The lowest BCUT2D eigenvalue weighted by atomic mass is 9.92. The first-order chi connectivity index (χ1) is 17.4. The Morgan fingerprint density at radius 1 is 1.14 bits per heavy atom. The Bertz CT molecular complexity index is 1430. The normalized spacial score (nSPS) is 28.1. The van der Waals surface area contributed by atoms with E-state index >= 15 is 0 Å². The molecular formula is C25H30ClN7O2S. The fourth-order valence-electron chi connectivity index (χ4n) is 6.57. The molecule has 0 aromatic carbocycles. The Balaban J connectivity index is 1.18. The maximum Gasteiger partial charge on any atom is 0.214 e. The van der Waals surface area contributed by atoms with E-state index in [1.807, 2.05) is 18.3 Å². The molecule has 2 bridgehead atoms. The SMILES string of the molecule is C[C@@H]1Cc2ncnc(N3CC4CCC(C3)C4NS(=O)(=O)C3CC3)c2CN1c1cc(Cl)nc2[nH]ccc12. The number of H-pyrrole nitrogens is 1. The van der Waals surface area contributed by atoms with Crippen LogP contribution in [0.5, 0.6) is 0 Å². The highest BCUT2D eigenvalue weighted by atomic mass is 35.5. The second-order valence-corrected chi connectivity index (χ2v) is 13.3. The molecule has 0 spiro atoms. The van der Waals surface area contributed by atoms with Gasteiger partial charge in [-0.15, -0.1) is 0 Å². The lowest BCUT2D eigenvalue weighted by molar-refractivity contribution is 0.329. The minimum absolute atomic E-state index is 0.0434. The van der Waals surface area contributed by atoms with E-state index in [1.54, 1.807) is 6.33 Å². The van der Waals surface area contributed by atoms with Crippen LogP contribution in [0.1, 0.15) is 43.9 Å². The first-order valence-corrected chi connectivity index (χ1v) is 14.8. The molecule has 36 heavy (non-hydrogen) atoms. The van der Waals surface area contributed by atoms with E-state index in [0.717, 1.165) is 79.0 Å². The molecule has 2 aliphatic heterocycles. The number of aromatic amines is 1. The van der Waals surface area contributed by atoms with Gasteiger partial charge < -0.3 is 14.8 Å². The molecule has 2 aliphatic carbocycles. The molecule has 0 amide bonds. The molecule has 1 saturated heterocycles. The summed E-state index contributed by atoms with van der Waals surface area (Å²) in [5.74, 6) is 1.60. The quantitative estimate of drug-likeness (QED) is 0.490. The minimum Gasteiger partial charge on any atom is -0.363 e.